The van der Waals surface area contributed by atoms with E-state index in [1.807, 2.05) is 28.9 Å². The van der Waals surface area contributed by atoms with Crippen molar-refractivity contribution in [1.29, 1.82) is 0 Å². The summed E-state index contributed by atoms with van der Waals surface area (Å²) in [5.41, 5.74) is 3.05. The summed E-state index contributed by atoms with van der Waals surface area (Å²) in [6.07, 6.45) is 1.21. The zero-order valence-corrected chi connectivity index (χ0v) is 16.2. The van der Waals surface area contributed by atoms with Crippen LogP contribution in [0.15, 0.2) is 18.2 Å². The Balaban J connectivity index is 1.72. The van der Waals surface area contributed by atoms with Gasteiger partial charge >= 0.3 is 0 Å². The van der Waals surface area contributed by atoms with Crippen molar-refractivity contribution in [2.24, 2.45) is 0 Å². The first-order valence-electron chi connectivity index (χ1n) is 9.37. The number of carbonyl (C=O) groups excluding carboxylic acids is 2. The Labute approximate surface area is 154 Å². The van der Waals surface area contributed by atoms with Crippen LogP contribution in [0.3, 0.4) is 0 Å². The van der Waals surface area contributed by atoms with Gasteiger partial charge in [-0.2, -0.15) is 0 Å². The summed E-state index contributed by atoms with van der Waals surface area (Å²) in [4.78, 5) is 32.6. The van der Waals surface area contributed by atoms with Crippen molar-refractivity contribution in [1.82, 2.24) is 19.4 Å². The first-order valence-corrected chi connectivity index (χ1v) is 9.37. The molecule has 1 aliphatic heterocycles. The van der Waals surface area contributed by atoms with Crippen LogP contribution in [0.25, 0.3) is 11.0 Å². The van der Waals surface area contributed by atoms with Gasteiger partial charge in [0.1, 0.15) is 5.82 Å². The van der Waals surface area contributed by atoms with Crippen LogP contribution in [0.1, 0.15) is 44.6 Å². The van der Waals surface area contributed by atoms with E-state index < -0.39 is 0 Å². The lowest BCUT2D eigenvalue weighted by atomic mass is 10.1. The molecule has 1 aromatic heterocycles. The molecule has 1 aromatic carbocycles. The van der Waals surface area contributed by atoms with Crippen LogP contribution >= 0.6 is 0 Å². The van der Waals surface area contributed by atoms with Crippen LogP contribution in [0.2, 0.25) is 0 Å². The number of rotatable bonds is 3. The van der Waals surface area contributed by atoms with E-state index in [0.29, 0.717) is 32.1 Å². The summed E-state index contributed by atoms with van der Waals surface area (Å²) >= 11 is 0. The molecule has 0 saturated carbocycles. The normalized spacial score (nSPS) is 15.6. The quantitative estimate of drug-likeness (QED) is 0.849. The van der Waals surface area contributed by atoms with E-state index in [1.165, 1.54) is 0 Å². The lowest BCUT2D eigenvalue weighted by Crippen LogP contribution is -2.37. The molecule has 1 saturated heterocycles. The highest BCUT2D eigenvalue weighted by Crippen LogP contribution is 2.22. The second-order valence-electron chi connectivity index (χ2n) is 7.36. The number of aromatic nitrogens is 2. The van der Waals surface area contributed by atoms with E-state index in [2.05, 4.69) is 29.5 Å². The number of fused-ring (bicyclic) bond motifs is 1. The smallest absolute Gasteiger partial charge is 0.227 e. The van der Waals surface area contributed by atoms with Gasteiger partial charge in [0.15, 0.2) is 0 Å². The molecule has 2 amide bonds. The van der Waals surface area contributed by atoms with Gasteiger partial charge in [-0.3, -0.25) is 9.59 Å². The number of hydrogen-bond acceptors (Lipinski definition) is 3. The lowest BCUT2D eigenvalue weighted by molar-refractivity contribution is -0.132. The van der Waals surface area contributed by atoms with Crippen molar-refractivity contribution in [3.8, 4) is 0 Å². The van der Waals surface area contributed by atoms with Crippen molar-refractivity contribution < 1.29 is 9.59 Å². The minimum Gasteiger partial charge on any atom is -0.341 e. The summed E-state index contributed by atoms with van der Waals surface area (Å²) in [6.45, 7) is 10.6. The monoisotopic (exact) mass is 356 g/mol. The lowest BCUT2D eigenvalue weighted by Gasteiger charge is -2.21. The summed E-state index contributed by atoms with van der Waals surface area (Å²) in [7, 11) is 0. The molecule has 0 aliphatic carbocycles. The highest BCUT2D eigenvalue weighted by molar-refractivity contribution is 5.82. The van der Waals surface area contributed by atoms with E-state index in [4.69, 9.17) is 0 Å². The van der Waals surface area contributed by atoms with Gasteiger partial charge in [0.2, 0.25) is 11.8 Å². The zero-order valence-electron chi connectivity index (χ0n) is 16.2. The number of benzene rings is 1. The summed E-state index contributed by atoms with van der Waals surface area (Å²) < 4.78 is 2.21. The fourth-order valence-electron chi connectivity index (χ4n) is 3.79. The van der Waals surface area contributed by atoms with Crippen LogP contribution in [-0.4, -0.2) is 57.3 Å². The van der Waals surface area contributed by atoms with Gasteiger partial charge in [0.25, 0.3) is 0 Å². The zero-order chi connectivity index (χ0) is 18.8. The SMILES string of the molecule is CC(=O)N1CCCN(C(=O)Cc2ccc3c(c2)nc(C)n3C(C)C)CC1. The molecule has 6 nitrogen and oxygen atoms in total. The topological polar surface area (TPSA) is 58.4 Å². The van der Waals surface area contributed by atoms with Gasteiger partial charge in [-0.25, -0.2) is 4.98 Å². The Kier molecular flexibility index (Phi) is 5.30. The molecule has 0 radical (unpaired) electrons. The van der Waals surface area contributed by atoms with E-state index in [9.17, 15) is 9.59 Å². The molecule has 0 bridgehead atoms. The Bertz CT molecular complexity index is 825. The number of hydrogen-bond donors (Lipinski definition) is 0. The maximum atomic E-state index is 12.7. The van der Waals surface area contributed by atoms with Crippen molar-refractivity contribution >= 4 is 22.8 Å². The molecule has 2 heterocycles. The Morgan fingerprint density at radius 1 is 1.12 bits per heavy atom. The van der Waals surface area contributed by atoms with Gasteiger partial charge in [0.05, 0.1) is 17.5 Å². The molecule has 3 rings (SSSR count). The maximum absolute atomic E-state index is 12.7. The first-order chi connectivity index (χ1) is 12.4. The predicted molar refractivity (Wildman–Crippen MR) is 102 cm³/mol. The molecule has 26 heavy (non-hydrogen) atoms. The van der Waals surface area contributed by atoms with Crippen molar-refractivity contribution in [2.45, 2.75) is 46.6 Å². The number of aryl methyl sites for hydroxylation is 1. The Hall–Kier alpha value is -2.37. The minimum absolute atomic E-state index is 0.0841. The summed E-state index contributed by atoms with van der Waals surface area (Å²) in [5, 5.41) is 0. The average Bonchev–Trinajstić information content (AvgIpc) is 2.75. The molecular weight excluding hydrogens is 328 g/mol. The summed E-state index contributed by atoms with van der Waals surface area (Å²) in [6, 6.07) is 6.48. The minimum atomic E-state index is 0.0841. The van der Waals surface area contributed by atoms with Crippen molar-refractivity contribution in [2.75, 3.05) is 26.2 Å². The average molecular weight is 356 g/mol. The van der Waals surface area contributed by atoms with Gasteiger partial charge in [-0.05, 0) is 44.9 Å². The third-order valence-corrected chi connectivity index (χ3v) is 5.10. The Morgan fingerprint density at radius 2 is 1.81 bits per heavy atom. The number of imidazole rings is 1. The second kappa shape index (κ2) is 7.48. The second-order valence-corrected chi connectivity index (χ2v) is 7.36. The van der Waals surface area contributed by atoms with E-state index in [1.54, 1.807) is 6.92 Å². The molecule has 1 aliphatic rings. The van der Waals surface area contributed by atoms with Gasteiger partial charge in [-0.1, -0.05) is 6.07 Å². The van der Waals surface area contributed by atoms with Crippen LogP contribution < -0.4 is 0 Å². The fraction of sp³-hybridized carbons (Fsp3) is 0.550. The van der Waals surface area contributed by atoms with E-state index in [-0.39, 0.29) is 11.8 Å². The molecule has 2 aromatic rings. The third kappa shape index (κ3) is 3.74. The van der Waals surface area contributed by atoms with Crippen molar-refractivity contribution in [3.05, 3.63) is 29.6 Å². The predicted octanol–water partition coefficient (Wildman–Crippen LogP) is 2.55. The molecule has 1 fully saturated rings. The third-order valence-electron chi connectivity index (χ3n) is 5.10. The van der Waals surface area contributed by atoms with Gasteiger partial charge < -0.3 is 14.4 Å². The van der Waals surface area contributed by atoms with Crippen LogP contribution in [-0.2, 0) is 16.0 Å². The number of carbonyl (C=O) groups is 2. The standard InChI is InChI=1S/C20H28N4O2/c1-14(2)24-15(3)21-18-12-17(6-7-19(18)24)13-20(26)23-9-5-8-22(10-11-23)16(4)25/h6-7,12,14H,5,8-11,13H2,1-4H3. The molecular formula is C20H28N4O2. The molecule has 0 N–H and O–H groups in total. The number of nitrogens with zero attached hydrogens (tertiary/aromatic N) is 4. The highest BCUT2D eigenvalue weighted by atomic mass is 16.2. The van der Waals surface area contributed by atoms with Crippen molar-refractivity contribution in [3.63, 3.8) is 0 Å². The van der Waals surface area contributed by atoms with Gasteiger partial charge in [-0.15, -0.1) is 0 Å². The molecule has 0 unspecified atom stereocenters. The van der Waals surface area contributed by atoms with Crippen LogP contribution in [0, 0.1) is 6.92 Å². The first kappa shape index (κ1) is 18.4. The molecule has 6 heteroatoms. The highest BCUT2D eigenvalue weighted by Gasteiger charge is 2.20. The van der Waals surface area contributed by atoms with Crippen LogP contribution in [0.5, 0.6) is 0 Å². The molecule has 0 spiro atoms. The number of amides is 2. The molecule has 0 atom stereocenters. The Morgan fingerprint density at radius 3 is 2.50 bits per heavy atom. The summed E-state index contributed by atoms with van der Waals surface area (Å²) in [5.74, 6) is 1.20. The molecule has 140 valence electrons. The maximum Gasteiger partial charge on any atom is 0.227 e. The van der Waals surface area contributed by atoms with E-state index in [0.717, 1.165) is 35.4 Å². The fourth-order valence-corrected chi connectivity index (χ4v) is 3.79. The van der Waals surface area contributed by atoms with E-state index >= 15 is 0 Å². The largest absolute Gasteiger partial charge is 0.341 e. The van der Waals surface area contributed by atoms with Crippen LogP contribution in [0.4, 0.5) is 0 Å². The van der Waals surface area contributed by atoms with Gasteiger partial charge in [0, 0.05) is 39.1 Å².